The summed E-state index contributed by atoms with van der Waals surface area (Å²) in [4.78, 5) is 13.9. The van der Waals surface area contributed by atoms with E-state index in [1.54, 1.807) is 11.3 Å². The Morgan fingerprint density at radius 3 is 2.23 bits per heavy atom. The third-order valence-corrected chi connectivity index (χ3v) is 6.70. The summed E-state index contributed by atoms with van der Waals surface area (Å²) in [6, 6.07) is 3.90. The molecule has 0 radical (unpaired) electrons. The summed E-state index contributed by atoms with van der Waals surface area (Å²) in [7, 11) is 0. The molecule has 26 heavy (non-hydrogen) atoms. The van der Waals surface area contributed by atoms with Gasteiger partial charge < -0.3 is 21.3 Å². The van der Waals surface area contributed by atoms with Gasteiger partial charge >= 0.3 is 0 Å². The number of thiophene rings is 1. The second-order valence-electron chi connectivity index (χ2n) is 7.66. The Hall–Kier alpha value is -0.950. The molecule has 0 saturated carbocycles. The zero-order valence-corrected chi connectivity index (χ0v) is 16.6. The maximum atomic E-state index is 12.8. The van der Waals surface area contributed by atoms with E-state index in [-0.39, 0.29) is 11.9 Å². The number of hydrogen-bond donors (Lipinski definition) is 4. The van der Waals surface area contributed by atoms with Crippen LogP contribution in [0.25, 0.3) is 0 Å². The first-order chi connectivity index (χ1) is 12.8. The summed E-state index contributed by atoms with van der Waals surface area (Å²) in [6.07, 6.45) is 7.24. The minimum absolute atomic E-state index is 0.131. The predicted octanol–water partition coefficient (Wildman–Crippen LogP) is 2.27. The monoisotopic (exact) mass is 378 g/mol. The lowest BCUT2D eigenvalue weighted by atomic mass is 9.94. The number of piperidine rings is 2. The Labute approximate surface area is 161 Å². The lowest BCUT2D eigenvalue weighted by molar-refractivity contribution is -0.123. The Balaban J connectivity index is 1.43. The molecule has 1 amide bonds. The van der Waals surface area contributed by atoms with Crippen molar-refractivity contribution in [3.05, 3.63) is 22.4 Å². The number of amides is 1. The molecule has 2 fully saturated rings. The van der Waals surface area contributed by atoms with E-state index in [0.29, 0.717) is 0 Å². The third kappa shape index (κ3) is 6.34. The maximum Gasteiger partial charge on any atom is 0.242 e. The Kier molecular flexibility index (Phi) is 8.39. The molecule has 2 aliphatic rings. The first kappa shape index (κ1) is 19.8. The highest BCUT2D eigenvalue weighted by Gasteiger charge is 2.22. The summed E-state index contributed by atoms with van der Waals surface area (Å²) in [5.41, 5.74) is 0. The van der Waals surface area contributed by atoms with Crippen molar-refractivity contribution < 1.29 is 4.79 Å². The zero-order valence-electron chi connectivity index (χ0n) is 15.8. The van der Waals surface area contributed by atoms with Crippen LogP contribution in [0, 0.1) is 11.8 Å². The summed E-state index contributed by atoms with van der Waals surface area (Å²) >= 11 is 1.67. The van der Waals surface area contributed by atoms with E-state index < -0.39 is 0 Å². The SMILES string of the molecule is O=C(NCCC1CCNCC1)C(NCCC1CCNCC1)c1cccs1. The van der Waals surface area contributed by atoms with Crippen molar-refractivity contribution in [2.24, 2.45) is 11.8 Å². The van der Waals surface area contributed by atoms with E-state index in [4.69, 9.17) is 0 Å². The molecule has 0 aliphatic carbocycles. The minimum Gasteiger partial charge on any atom is -0.354 e. The van der Waals surface area contributed by atoms with Crippen LogP contribution in [0.3, 0.4) is 0 Å². The zero-order chi connectivity index (χ0) is 18.0. The third-order valence-electron chi connectivity index (χ3n) is 5.76. The first-order valence-electron chi connectivity index (χ1n) is 10.3. The molecule has 4 N–H and O–H groups in total. The van der Waals surface area contributed by atoms with Gasteiger partial charge in [0.05, 0.1) is 0 Å². The van der Waals surface area contributed by atoms with Crippen LogP contribution in [-0.2, 0) is 4.79 Å². The Morgan fingerprint density at radius 2 is 1.65 bits per heavy atom. The molecule has 0 aromatic carbocycles. The molecule has 0 bridgehead atoms. The molecule has 2 aliphatic heterocycles. The van der Waals surface area contributed by atoms with Crippen molar-refractivity contribution in [2.75, 3.05) is 39.3 Å². The number of rotatable bonds is 9. The van der Waals surface area contributed by atoms with Crippen LogP contribution in [0.5, 0.6) is 0 Å². The molecule has 1 unspecified atom stereocenters. The molecular weight excluding hydrogens is 344 g/mol. The van der Waals surface area contributed by atoms with E-state index in [2.05, 4.69) is 32.7 Å². The van der Waals surface area contributed by atoms with Gasteiger partial charge in [0, 0.05) is 11.4 Å². The van der Waals surface area contributed by atoms with Gasteiger partial charge in [-0.3, -0.25) is 4.79 Å². The van der Waals surface area contributed by atoms with Gasteiger partial charge in [-0.15, -0.1) is 11.3 Å². The fourth-order valence-corrected chi connectivity index (χ4v) is 4.85. The van der Waals surface area contributed by atoms with Gasteiger partial charge in [-0.2, -0.15) is 0 Å². The molecule has 3 heterocycles. The fraction of sp³-hybridized carbons (Fsp3) is 0.750. The summed E-state index contributed by atoms with van der Waals surface area (Å²) in [6.45, 7) is 6.21. The second kappa shape index (κ2) is 11.0. The van der Waals surface area contributed by atoms with Gasteiger partial charge in [-0.1, -0.05) is 6.07 Å². The van der Waals surface area contributed by atoms with Gasteiger partial charge in [0.2, 0.25) is 5.91 Å². The number of carbonyl (C=O) groups is 1. The standard InChI is InChI=1S/C20H34N4OS/c25-20(24-14-8-17-5-11-22-12-6-17)19(18-2-1-15-26-18)23-13-7-16-3-9-21-10-4-16/h1-2,15-17,19,21-23H,3-14H2,(H,24,25). The molecule has 6 heteroatoms. The predicted molar refractivity (Wildman–Crippen MR) is 108 cm³/mol. The van der Waals surface area contributed by atoms with E-state index in [1.165, 1.54) is 25.7 Å². The number of carbonyl (C=O) groups excluding carboxylic acids is 1. The van der Waals surface area contributed by atoms with Crippen LogP contribution in [0.4, 0.5) is 0 Å². The van der Waals surface area contributed by atoms with E-state index >= 15 is 0 Å². The van der Waals surface area contributed by atoms with Crippen LogP contribution in [0.15, 0.2) is 17.5 Å². The summed E-state index contributed by atoms with van der Waals surface area (Å²) in [5, 5.41) is 15.6. The Morgan fingerprint density at radius 1 is 1.04 bits per heavy atom. The largest absolute Gasteiger partial charge is 0.354 e. The Bertz CT molecular complexity index is 510. The van der Waals surface area contributed by atoms with Crippen molar-refractivity contribution >= 4 is 17.2 Å². The number of hydrogen-bond acceptors (Lipinski definition) is 5. The van der Waals surface area contributed by atoms with E-state index in [0.717, 1.165) is 68.8 Å². The lowest BCUT2D eigenvalue weighted by Crippen LogP contribution is -2.39. The molecular formula is C20H34N4OS. The molecule has 0 spiro atoms. The van der Waals surface area contributed by atoms with Crippen LogP contribution in [0.2, 0.25) is 0 Å². The topological polar surface area (TPSA) is 65.2 Å². The maximum absolute atomic E-state index is 12.8. The van der Waals surface area contributed by atoms with Gasteiger partial charge in [0.1, 0.15) is 6.04 Å². The lowest BCUT2D eigenvalue weighted by Gasteiger charge is -2.25. The van der Waals surface area contributed by atoms with Crippen LogP contribution >= 0.6 is 11.3 Å². The van der Waals surface area contributed by atoms with Crippen molar-refractivity contribution in [1.82, 2.24) is 21.3 Å². The van der Waals surface area contributed by atoms with Crippen molar-refractivity contribution in [1.29, 1.82) is 0 Å². The van der Waals surface area contributed by atoms with Gasteiger partial charge in [-0.25, -0.2) is 0 Å². The van der Waals surface area contributed by atoms with Gasteiger partial charge in [0.25, 0.3) is 0 Å². The van der Waals surface area contributed by atoms with Crippen LogP contribution < -0.4 is 21.3 Å². The normalized spacial score (nSPS) is 20.8. The van der Waals surface area contributed by atoms with E-state index in [9.17, 15) is 4.79 Å². The highest BCUT2D eigenvalue weighted by Crippen LogP contribution is 2.21. The van der Waals surface area contributed by atoms with Crippen molar-refractivity contribution in [2.45, 2.75) is 44.6 Å². The molecule has 5 nitrogen and oxygen atoms in total. The second-order valence-corrected chi connectivity index (χ2v) is 8.64. The quantitative estimate of drug-likeness (QED) is 0.532. The molecule has 1 aromatic rings. The van der Waals surface area contributed by atoms with Crippen molar-refractivity contribution in [3.8, 4) is 0 Å². The highest BCUT2D eigenvalue weighted by molar-refractivity contribution is 7.10. The molecule has 3 rings (SSSR count). The summed E-state index contributed by atoms with van der Waals surface area (Å²) < 4.78 is 0. The molecule has 1 aromatic heterocycles. The van der Waals surface area contributed by atoms with Gasteiger partial charge in [-0.05, 0) is 94.5 Å². The van der Waals surface area contributed by atoms with Crippen molar-refractivity contribution in [3.63, 3.8) is 0 Å². The first-order valence-corrected chi connectivity index (χ1v) is 11.2. The van der Waals surface area contributed by atoms with Crippen LogP contribution in [0.1, 0.15) is 49.4 Å². The molecule has 1 atom stereocenters. The van der Waals surface area contributed by atoms with Crippen LogP contribution in [-0.4, -0.2) is 45.2 Å². The smallest absolute Gasteiger partial charge is 0.242 e. The fourth-order valence-electron chi connectivity index (χ4n) is 4.05. The average molecular weight is 379 g/mol. The minimum atomic E-state index is -0.204. The molecule has 2 saturated heterocycles. The average Bonchev–Trinajstić information content (AvgIpc) is 3.21. The van der Waals surface area contributed by atoms with Gasteiger partial charge in [0.15, 0.2) is 0 Å². The number of nitrogens with one attached hydrogen (secondary N) is 4. The summed E-state index contributed by atoms with van der Waals surface area (Å²) in [5.74, 6) is 1.67. The highest BCUT2D eigenvalue weighted by atomic mass is 32.1. The van der Waals surface area contributed by atoms with E-state index in [1.807, 2.05) is 6.07 Å². The molecule has 146 valence electrons.